The molecule has 0 spiro atoms. The molecule has 21 heavy (non-hydrogen) atoms. The van der Waals surface area contributed by atoms with E-state index in [1.54, 1.807) is 41.4 Å². The third-order valence-corrected chi connectivity index (χ3v) is 3.15. The van der Waals surface area contributed by atoms with Gasteiger partial charge in [0.15, 0.2) is 5.65 Å². The molecule has 0 radical (unpaired) electrons. The van der Waals surface area contributed by atoms with E-state index in [4.69, 9.17) is 5.73 Å². The number of para-hydroxylation sites is 2. The number of nitrogens with two attached hydrogens (primary N) is 1. The number of anilines is 1. The average Bonchev–Trinajstić information content (AvgIpc) is 2.88. The minimum atomic E-state index is -2.92. The summed E-state index contributed by atoms with van der Waals surface area (Å²) in [4.78, 5) is 4.24. The lowest BCUT2D eigenvalue weighted by Crippen LogP contribution is -2.09. The lowest BCUT2D eigenvalue weighted by molar-refractivity contribution is -0.0498. The van der Waals surface area contributed by atoms with Gasteiger partial charge in [0, 0.05) is 7.05 Å². The molecule has 3 rings (SSSR count). The number of aryl methyl sites for hydroxylation is 2. The van der Waals surface area contributed by atoms with Crippen LogP contribution >= 0.6 is 0 Å². The van der Waals surface area contributed by atoms with Gasteiger partial charge >= 0.3 is 6.61 Å². The van der Waals surface area contributed by atoms with E-state index in [0.717, 1.165) is 0 Å². The highest BCUT2D eigenvalue weighted by molar-refractivity contribution is 5.80. The maximum Gasteiger partial charge on any atom is 0.387 e. The van der Waals surface area contributed by atoms with Crippen molar-refractivity contribution in [2.24, 2.45) is 7.05 Å². The molecule has 0 fully saturated rings. The number of hydrogen-bond donors (Lipinski definition) is 1. The zero-order valence-electron chi connectivity index (χ0n) is 11.4. The van der Waals surface area contributed by atoms with Crippen LogP contribution in [0.5, 0.6) is 5.75 Å². The molecule has 0 saturated carbocycles. The molecule has 2 aromatic heterocycles. The van der Waals surface area contributed by atoms with Gasteiger partial charge in [-0.2, -0.15) is 13.9 Å². The molecule has 0 bridgehead atoms. The van der Waals surface area contributed by atoms with Crippen LogP contribution in [0.4, 0.5) is 14.7 Å². The van der Waals surface area contributed by atoms with E-state index < -0.39 is 6.61 Å². The van der Waals surface area contributed by atoms with Crippen LogP contribution < -0.4 is 10.5 Å². The summed E-state index contributed by atoms with van der Waals surface area (Å²) in [5.41, 5.74) is 8.29. The van der Waals surface area contributed by atoms with Crippen LogP contribution in [0, 0.1) is 6.92 Å². The summed E-state index contributed by atoms with van der Waals surface area (Å²) in [5.74, 6) is 0.212. The van der Waals surface area contributed by atoms with Gasteiger partial charge in [0.2, 0.25) is 5.95 Å². The lowest BCUT2D eigenvalue weighted by Gasteiger charge is -2.13. The summed E-state index contributed by atoms with van der Waals surface area (Å²) < 4.78 is 32.8. The number of imidazole rings is 1. The summed E-state index contributed by atoms with van der Waals surface area (Å²) in [6, 6.07) is 6.41. The highest BCUT2D eigenvalue weighted by Crippen LogP contribution is 2.31. The van der Waals surface area contributed by atoms with Gasteiger partial charge in [0.05, 0.1) is 11.4 Å². The first-order valence-electron chi connectivity index (χ1n) is 6.20. The van der Waals surface area contributed by atoms with Gasteiger partial charge in [-0.1, -0.05) is 12.1 Å². The minimum absolute atomic E-state index is 0.0253. The second kappa shape index (κ2) is 4.72. The molecule has 0 amide bonds. The molecule has 0 atom stereocenters. The molecular weight excluding hydrogens is 280 g/mol. The Balaban J connectivity index is 2.28. The van der Waals surface area contributed by atoms with Gasteiger partial charge < -0.3 is 10.5 Å². The Morgan fingerprint density at radius 1 is 1.29 bits per heavy atom. The van der Waals surface area contributed by atoms with Crippen LogP contribution in [0.15, 0.2) is 24.3 Å². The predicted molar refractivity (Wildman–Crippen MR) is 73.6 cm³/mol. The van der Waals surface area contributed by atoms with Crippen LogP contribution in [0.3, 0.4) is 0 Å². The highest BCUT2D eigenvalue weighted by Gasteiger charge is 2.20. The molecule has 110 valence electrons. The Bertz CT molecular complexity index is 808. The second-order valence-electron chi connectivity index (χ2n) is 4.53. The first kappa shape index (κ1) is 13.3. The van der Waals surface area contributed by atoms with E-state index in [-0.39, 0.29) is 11.7 Å². The van der Waals surface area contributed by atoms with E-state index >= 15 is 0 Å². The van der Waals surface area contributed by atoms with E-state index in [1.165, 1.54) is 6.07 Å². The third kappa shape index (κ3) is 2.08. The van der Waals surface area contributed by atoms with Crippen LogP contribution in [-0.4, -0.2) is 25.9 Å². The molecule has 0 unspecified atom stereocenters. The average molecular weight is 293 g/mol. The number of rotatable bonds is 3. The molecule has 0 aliphatic carbocycles. The number of nitrogen functional groups attached to an aromatic ring is 1. The van der Waals surface area contributed by atoms with Gasteiger partial charge in [-0.3, -0.25) is 4.57 Å². The first-order chi connectivity index (χ1) is 9.99. The first-order valence-corrected chi connectivity index (χ1v) is 6.20. The van der Waals surface area contributed by atoms with Crippen LogP contribution in [0.25, 0.3) is 16.9 Å². The summed E-state index contributed by atoms with van der Waals surface area (Å²) in [6.07, 6.45) is 0. The molecular formula is C13H13F2N5O. The molecule has 0 saturated heterocycles. The SMILES string of the molecule is Cc1nn(C)c2c1nc(N)n2-c1ccccc1OC(F)F. The predicted octanol–water partition coefficient (Wildman–Crippen LogP) is 2.25. The molecule has 2 N–H and O–H groups in total. The van der Waals surface area contributed by atoms with Crippen molar-refractivity contribution in [1.82, 2.24) is 19.3 Å². The molecule has 1 aromatic carbocycles. The maximum atomic E-state index is 12.5. The van der Waals surface area contributed by atoms with Crippen molar-refractivity contribution >= 4 is 17.1 Å². The van der Waals surface area contributed by atoms with Crippen molar-refractivity contribution in [3.8, 4) is 11.4 Å². The number of hydrogen-bond acceptors (Lipinski definition) is 4. The molecule has 3 aromatic rings. The molecule has 6 nitrogen and oxygen atoms in total. The van der Waals surface area contributed by atoms with Gasteiger partial charge in [-0.05, 0) is 19.1 Å². The number of aromatic nitrogens is 4. The minimum Gasteiger partial charge on any atom is -0.433 e. The Morgan fingerprint density at radius 2 is 2.00 bits per heavy atom. The lowest BCUT2D eigenvalue weighted by atomic mass is 10.3. The number of fused-ring (bicyclic) bond motifs is 1. The summed E-state index contributed by atoms with van der Waals surface area (Å²) >= 11 is 0. The van der Waals surface area contributed by atoms with Crippen molar-refractivity contribution in [3.63, 3.8) is 0 Å². The number of ether oxygens (including phenoxy) is 1. The Labute approximate surface area is 118 Å². The standard InChI is InChI=1S/C13H13F2N5O/c1-7-10-11(19(2)18-7)20(13(16)17-10)8-5-3-4-6-9(8)21-12(14)15/h3-6,12H,1-2H3,(H2,16,17). The monoisotopic (exact) mass is 293 g/mol. The van der Waals surface area contributed by atoms with E-state index in [0.29, 0.717) is 22.5 Å². The van der Waals surface area contributed by atoms with E-state index in [9.17, 15) is 8.78 Å². The maximum absolute atomic E-state index is 12.5. The third-order valence-electron chi connectivity index (χ3n) is 3.15. The second-order valence-corrected chi connectivity index (χ2v) is 4.53. The van der Waals surface area contributed by atoms with Crippen LogP contribution in [0.1, 0.15) is 5.69 Å². The number of alkyl halides is 2. The fourth-order valence-electron chi connectivity index (χ4n) is 2.36. The fraction of sp³-hybridized carbons (Fsp3) is 0.231. The zero-order chi connectivity index (χ0) is 15.1. The smallest absolute Gasteiger partial charge is 0.387 e. The van der Waals surface area contributed by atoms with Crippen molar-refractivity contribution in [2.75, 3.05) is 5.73 Å². The Hall–Kier alpha value is -2.64. The van der Waals surface area contributed by atoms with Gasteiger partial charge in [-0.15, -0.1) is 0 Å². The van der Waals surface area contributed by atoms with Crippen molar-refractivity contribution in [3.05, 3.63) is 30.0 Å². The number of benzene rings is 1. The van der Waals surface area contributed by atoms with E-state index in [1.807, 2.05) is 0 Å². The van der Waals surface area contributed by atoms with Crippen LogP contribution in [0.2, 0.25) is 0 Å². The topological polar surface area (TPSA) is 70.9 Å². The number of nitrogens with zero attached hydrogens (tertiary/aromatic N) is 4. The van der Waals surface area contributed by atoms with Gasteiger partial charge in [-0.25, -0.2) is 9.67 Å². The van der Waals surface area contributed by atoms with Crippen molar-refractivity contribution < 1.29 is 13.5 Å². The molecule has 0 aliphatic rings. The molecule has 8 heteroatoms. The quantitative estimate of drug-likeness (QED) is 0.804. The fourth-order valence-corrected chi connectivity index (χ4v) is 2.36. The summed E-state index contributed by atoms with van der Waals surface area (Å²) in [6.45, 7) is -1.11. The Morgan fingerprint density at radius 3 is 2.71 bits per heavy atom. The van der Waals surface area contributed by atoms with E-state index in [2.05, 4.69) is 14.8 Å². The Kier molecular flexibility index (Phi) is 3.00. The normalized spacial score (nSPS) is 11.5. The van der Waals surface area contributed by atoms with Gasteiger partial charge in [0.25, 0.3) is 0 Å². The zero-order valence-corrected chi connectivity index (χ0v) is 11.4. The largest absolute Gasteiger partial charge is 0.433 e. The summed E-state index contributed by atoms with van der Waals surface area (Å²) in [5, 5.41) is 4.26. The van der Waals surface area contributed by atoms with Crippen LogP contribution in [-0.2, 0) is 7.05 Å². The molecule has 0 aliphatic heterocycles. The van der Waals surface area contributed by atoms with Gasteiger partial charge in [0.1, 0.15) is 11.3 Å². The molecule has 2 heterocycles. The number of halogens is 2. The van der Waals surface area contributed by atoms with Crippen molar-refractivity contribution in [1.29, 1.82) is 0 Å². The van der Waals surface area contributed by atoms with Crippen molar-refractivity contribution in [2.45, 2.75) is 13.5 Å². The highest BCUT2D eigenvalue weighted by atomic mass is 19.3. The summed E-state index contributed by atoms with van der Waals surface area (Å²) in [7, 11) is 1.74.